The van der Waals surface area contributed by atoms with Crippen LogP contribution >= 0.6 is 0 Å². The van der Waals surface area contributed by atoms with Crippen LogP contribution in [0.25, 0.3) is 0 Å². The second-order valence-corrected chi connectivity index (χ2v) is 6.22. The monoisotopic (exact) mass is 374 g/mol. The lowest BCUT2D eigenvalue weighted by Gasteiger charge is -2.41. The highest BCUT2D eigenvalue weighted by Gasteiger charge is 2.41. The first kappa shape index (κ1) is 18.7. The average molecular weight is 374 g/mol. The quantitative estimate of drug-likeness (QED) is 0.801. The molecule has 0 radical (unpaired) electrons. The summed E-state index contributed by atoms with van der Waals surface area (Å²) in [6.45, 7) is 0.599. The van der Waals surface area contributed by atoms with Crippen molar-refractivity contribution in [3.05, 3.63) is 54.4 Å². The van der Waals surface area contributed by atoms with E-state index < -0.39 is 11.5 Å². The maximum atomic E-state index is 13.0. The summed E-state index contributed by atoms with van der Waals surface area (Å²) in [5, 5.41) is 0. The fraction of sp³-hybridized carbons (Fsp3) is 0.333. The van der Waals surface area contributed by atoms with Crippen LogP contribution in [0.4, 0.5) is 4.39 Å². The molecule has 1 unspecified atom stereocenters. The lowest BCUT2D eigenvalue weighted by atomic mass is 9.97. The highest BCUT2D eigenvalue weighted by atomic mass is 19.1. The summed E-state index contributed by atoms with van der Waals surface area (Å²) in [6, 6.07) is 7.08. The van der Waals surface area contributed by atoms with Crippen LogP contribution in [-0.4, -0.2) is 58.6 Å². The van der Waals surface area contributed by atoms with Crippen molar-refractivity contribution in [3.63, 3.8) is 0 Å². The normalized spacial score (nSPS) is 19.5. The Balaban J connectivity index is 1.75. The average Bonchev–Trinajstić information content (AvgIpc) is 2.67. The number of nitrogens with two attached hydrogens (primary N) is 1. The molecule has 2 N–H and O–H groups in total. The maximum absolute atomic E-state index is 13.0. The molecule has 1 saturated heterocycles. The number of primary amides is 1. The summed E-state index contributed by atoms with van der Waals surface area (Å²) < 4.78 is 24.5. The molecule has 8 nitrogen and oxygen atoms in total. The number of nitrogens with zero attached hydrogens (tertiary/aromatic N) is 3. The molecule has 27 heavy (non-hydrogen) atoms. The fourth-order valence-electron chi connectivity index (χ4n) is 2.88. The largest absolute Gasteiger partial charge is 0.490 e. The molecular formula is C18H19FN4O4. The number of aromatic nitrogens is 2. The van der Waals surface area contributed by atoms with Crippen molar-refractivity contribution in [2.24, 2.45) is 5.73 Å². The molecule has 9 heteroatoms. The third kappa shape index (κ3) is 4.76. The van der Waals surface area contributed by atoms with E-state index in [4.69, 9.17) is 15.2 Å². The Morgan fingerprint density at radius 1 is 1.26 bits per heavy atom. The van der Waals surface area contributed by atoms with Crippen LogP contribution in [0.3, 0.4) is 0 Å². The number of morpholine rings is 1. The molecule has 1 aromatic heterocycles. The predicted molar refractivity (Wildman–Crippen MR) is 92.3 cm³/mol. The molecule has 3 rings (SSSR count). The summed E-state index contributed by atoms with van der Waals surface area (Å²) in [7, 11) is 0. The van der Waals surface area contributed by atoms with Crippen molar-refractivity contribution in [1.82, 2.24) is 14.9 Å². The van der Waals surface area contributed by atoms with Gasteiger partial charge in [-0.05, 0) is 30.3 Å². The highest BCUT2D eigenvalue weighted by Crippen LogP contribution is 2.25. The summed E-state index contributed by atoms with van der Waals surface area (Å²) in [5.74, 6) is -0.856. The smallest absolute Gasteiger partial charge is 0.291 e. The Morgan fingerprint density at radius 2 is 1.96 bits per heavy atom. The minimum Gasteiger partial charge on any atom is -0.490 e. The lowest BCUT2D eigenvalue weighted by molar-refractivity contribution is -0.142. The van der Waals surface area contributed by atoms with Crippen LogP contribution in [0, 0.1) is 5.82 Å². The zero-order valence-electron chi connectivity index (χ0n) is 14.5. The second kappa shape index (κ2) is 8.09. The number of hydrogen-bond acceptors (Lipinski definition) is 6. The molecule has 1 aliphatic heterocycles. The van der Waals surface area contributed by atoms with Crippen LogP contribution in [0.5, 0.6) is 5.75 Å². The van der Waals surface area contributed by atoms with E-state index >= 15 is 0 Å². The lowest BCUT2D eigenvalue weighted by Crippen LogP contribution is -2.58. The summed E-state index contributed by atoms with van der Waals surface area (Å²) in [5.41, 5.74) is 4.27. The molecule has 0 bridgehead atoms. The van der Waals surface area contributed by atoms with E-state index in [0.29, 0.717) is 12.3 Å². The molecule has 0 aliphatic carbocycles. The van der Waals surface area contributed by atoms with Crippen LogP contribution in [0.15, 0.2) is 42.7 Å². The van der Waals surface area contributed by atoms with Crippen molar-refractivity contribution in [3.8, 4) is 5.75 Å². The Kier molecular flexibility index (Phi) is 5.60. The molecule has 1 aliphatic rings. The minimum atomic E-state index is -1.11. The predicted octanol–water partition coefficient (Wildman–Crippen LogP) is 0.781. The molecule has 142 valence electrons. The number of ether oxygens (including phenoxy) is 2. The molecule has 1 fully saturated rings. The number of halogens is 1. The van der Waals surface area contributed by atoms with Crippen molar-refractivity contribution in [2.75, 3.05) is 26.3 Å². The van der Waals surface area contributed by atoms with Crippen LogP contribution < -0.4 is 10.5 Å². The van der Waals surface area contributed by atoms with Gasteiger partial charge in [-0.15, -0.1) is 0 Å². The Bertz CT molecular complexity index is 803. The van der Waals surface area contributed by atoms with Gasteiger partial charge in [-0.2, -0.15) is 0 Å². The standard InChI is InChI=1S/C18H19FN4O4/c19-13-2-4-14(5-3-13)26-12-18(10-15(20)24)11-23(8-9-27-18)17(25)16-21-6-1-7-22-16/h1-7H,8-12H2,(H2,20,24). The minimum absolute atomic E-state index is 0.0268. The number of hydrogen-bond donors (Lipinski definition) is 1. The van der Waals surface area contributed by atoms with Crippen LogP contribution in [0.1, 0.15) is 17.0 Å². The van der Waals surface area contributed by atoms with Crippen molar-refractivity contribution in [1.29, 1.82) is 0 Å². The highest BCUT2D eigenvalue weighted by molar-refractivity contribution is 5.90. The first-order valence-corrected chi connectivity index (χ1v) is 8.34. The summed E-state index contributed by atoms with van der Waals surface area (Å²) in [4.78, 5) is 33.7. The van der Waals surface area contributed by atoms with E-state index in [1.807, 2.05) is 0 Å². The fourth-order valence-corrected chi connectivity index (χ4v) is 2.88. The Hall–Kier alpha value is -3.07. The van der Waals surface area contributed by atoms with E-state index in [2.05, 4.69) is 9.97 Å². The van der Waals surface area contributed by atoms with Gasteiger partial charge in [-0.25, -0.2) is 14.4 Å². The van der Waals surface area contributed by atoms with Gasteiger partial charge in [-0.1, -0.05) is 0 Å². The zero-order chi connectivity index (χ0) is 19.3. The molecule has 2 heterocycles. The van der Waals surface area contributed by atoms with Gasteiger partial charge in [0.05, 0.1) is 19.6 Å². The summed E-state index contributed by atoms with van der Waals surface area (Å²) in [6.07, 6.45) is 2.83. The third-order valence-electron chi connectivity index (χ3n) is 4.10. The number of amides is 2. The van der Waals surface area contributed by atoms with E-state index in [0.717, 1.165) is 0 Å². The molecule has 0 spiro atoms. The van der Waals surface area contributed by atoms with E-state index in [9.17, 15) is 14.0 Å². The third-order valence-corrected chi connectivity index (χ3v) is 4.10. The summed E-state index contributed by atoms with van der Waals surface area (Å²) >= 11 is 0. The molecule has 2 amide bonds. The second-order valence-electron chi connectivity index (χ2n) is 6.22. The first-order valence-electron chi connectivity index (χ1n) is 8.34. The van der Waals surface area contributed by atoms with Crippen molar-refractivity contribution < 1.29 is 23.5 Å². The first-order chi connectivity index (χ1) is 13.0. The van der Waals surface area contributed by atoms with Gasteiger partial charge in [0.15, 0.2) is 0 Å². The number of carbonyl (C=O) groups is 2. The molecule has 1 atom stereocenters. The Labute approximate surface area is 155 Å². The molecule has 1 aromatic carbocycles. The van der Waals surface area contributed by atoms with Crippen LogP contribution in [-0.2, 0) is 9.53 Å². The van der Waals surface area contributed by atoms with E-state index in [1.54, 1.807) is 6.07 Å². The van der Waals surface area contributed by atoms with Crippen molar-refractivity contribution >= 4 is 11.8 Å². The molecule has 0 saturated carbocycles. The van der Waals surface area contributed by atoms with E-state index in [1.165, 1.54) is 41.6 Å². The van der Waals surface area contributed by atoms with Gasteiger partial charge in [-0.3, -0.25) is 9.59 Å². The zero-order valence-corrected chi connectivity index (χ0v) is 14.5. The number of benzene rings is 1. The topological polar surface area (TPSA) is 108 Å². The van der Waals surface area contributed by atoms with Crippen LogP contribution in [0.2, 0.25) is 0 Å². The van der Waals surface area contributed by atoms with Gasteiger partial charge >= 0.3 is 0 Å². The number of carbonyl (C=O) groups excluding carboxylic acids is 2. The van der Waals surface area contributed by atoms with Gasteiger partial charge in [0.2, 0.25) is 11.7 Å². The van der Waals surface area contributed by atoms with E-state index in [-0.39, 0.29) is 43.7 Å². The van der Waals surface area contributed by atoms with Gasteiger partial charge in [0, 0.05) is 18.9 Å². The molecule has 2 aromatic rings. The number of rotatable bonds is 6. The van der Waals surface area contributed by atoms with Gasteiger partial charge in [0.25, 0.3) is 5.91 Å². The SMILES string of the molecule is NC(=O)CC1(COc2ccc(F)cc2)CN(C(=O)c2ncccn2)CCO1. The Morgan fingerprint density at radius 3 is 2.63 bits per heavy atom. The maximum Gasteiger partial charge on any atom is 0.291 e. The van der Waals surface area contributed by atoms with Gasteiger partial charge < -0.3 is 20.1 Å². The molecular weight excluding hydrogens is 355 g/mol. The van der Waals surface area contributed by atoms with Crippen molar-refractivity contribution in [2.45, 2.75) is 12.0 Å². The van der Waals surface area contributed by atoms with Gasteiger partial charge in [0.1, 0.15) is 23.8 Å².